The highest BCUT2D eigenvalue weighted by Gasteiger charge is 2.07. The number of fused-ring (bicyclic) bond motifs is 1. The number of hydrogen-bond acceptors (Lipinski definition) is 3. The van der Waals surface area contributed by atoms with E-state index in [1.54, 1.807) is 11.3 Å². The van der Waals surface area contributed by atoms with Crippen molar-refractivity contribution >= 4 is 57.2 Å². The molecule has 0 amide bonds. The molecular weight excluding hydrogens is 377 g/mol. The number of thiazole rings is 1. The summed E-state index contributed by atoms with van der Waals surface area (Å²) in [5.74, 6) is 0. The Morgan fingerprint density at radius 1 is 1.50 bits per heavy atom. The molecule has 0 fully saturated rings. The number of aryl methyl sites for hydroxylation is 1. The molecule has 0 radical (unpaired) electrons. The SMILES string of the molecule is Cc1cnc(Cn2c(=S)[nH]c3cc(I)ccc32)s1. The first-order valence-electron chi connectivity index (χ1n) is 5.43. The fourth-order valence-corrected chi connectivity index (χ4v) is 3.44. The minimum atomic E-state index is 0.734. The molecule has 0 atom stereocenters. The Bertz CT molecular complexity index is 769. The first kappa shape index (κ1) is 12.3. The van der Waals surface area contributed by atoms with Crippen molar-refractivity contribution in [3.05, 3.63) is 42.6 Å². The van der Waals surface area contributed by atoms with E-state index in [0.717, 1.165) is 27.4 Å². The van der Waals surface area contributed by atoms with Crippen molar-refractivity contribution < 1.29 is 0 Å². The Kier molecular flexibility index (Phi) is 3.25. The lowest BCUT2D eigenvalue weighted by Crippen LogP contribution is -1.98. The molecule has 0 unspecified atom stereocenters. The van der Waals surface area contributed by atoms with Gasteiger partial charge in [-0.1, -0.05) is 0 Å². The molecule has 3 aromatic rings. The van der Waals surface area contributed by atoms with Crippen molar-refractivity contribution in [3.63, 3.8) is 0 Å². The van der Waals surface area contributed by atoms with Gasteiger partial charge in [0.25, 0.3) is 0 Å². The van der Waals surface area contributed by atoms with Crippen molar-refractivity contribution in [2.45, 2.75) is 13.5 Å². The number of halogens is 1. The zero-order valence-corrected chi connectivity index (χ0v) is 13.4. The van der Waals surface area contributed by atoms with Gasteiger partial charge in [-0.3, -0.25) is 0 Å². The average Bonchev–Trinajstić information content (AvgIpc) is 2.84. The molecule has 0 spiro atoms. The van der Waals surface area contributed by atoms with Crippen molar-refractivity contribution in [1.29, 1.82) is 0 Å². The number of nitrogens with one attached hydrogen (secondary N) is 1. The first-order chi connectivity index (χ1) is 8.63. The van der Waals surface area contributed by atoms with Crippen LogP contribution >= 0.6 is 46.1 Å². The molecule has 3 nitrogen and oxygen atoms in total. The van der Waals surface area contributed by atoms with Crippen LogP contribution in [0.4, 0.5) is 0 Å². The van der Waals surface area contributed by atoms with E-state index in [1.165, 1.54) is 8.45 Å². The summed E-state index contributed by atoms with van der Waals surface area (Å²) in [5.41, 5.74) is 2.22. The van der Waals surface area contributed by atoms with Gasteiger partial charge in [0.05, 0.1) is 17.6 Å². The summed E-state index contributed by atoms with van der Waals surface area (Å²) in [5, 5.41) is 1.09. The average molecular weight is 387 g/mol. The van der Waals surface area contributed by atoms with E-state index in [4.69, 9.17) is 12.2 Å². The lowest BCUT2D eigenvalue weighted by Gasteiger charge is -2.01. The van der Waals surface area contributed by atoms with Crippen molar-refractivity contribution in [2.24, 2.45) is 0 Å². The van der Waals surface area contributed by atoms with Crippen molar-refractivity contribution in [3.8, 4) is 0 Å². The van der Waals surface area contributed by atoms with Gasteiger partial charge < -0.3 is 9.55 Å². The highest BCUT2D eigenvalue weighted by molar-refractivity contribution is 14.1. The monoisotopic (exact) mass is 387 g/mol. The van der Waals surface area contributed by atoms with Crippen LogP contribution in [0.2, 0.25) is 0 Å². The molecule has 0 bridgehead atoms. The molecule has 92 valence electrons. The third-order valence-corrected chi connectivity index (χ3v) is 4.59. The normalized spacial score (nSPS) is 11.2. The fourth-order valence-electron chi connectivity index (χ4n) is 1.90. The van der Waals surface area contributed by atoms with Crippen LogP contribution in [0.1, 0.15) is 9.88 Å². The predicted octanol–water partition coefficient (Wildman–Crippen LogP) is 4.12. The van der Waals surface area contributed by atoms with Crippen LogP contribution in [0.3, 0.4) is 0 Å². The number of benzene rings is 1. The predicted molar refractivity (Wildman–Crippen MR) is 85.8 cm³/mol. The Hall–Kier alpha value is -0.730. The molecule has 0 saturated heterocycles. The van der Waals surface area contributed by atoms with Gasteiger partial charge in [-0.2, -0.15) is 0 Å². The van der Waals surface area contributed by atoms with Crippen LogP contribution in [0.15, 0.2) is 24.4 Å². The largest absolute Gasteiger partial charge is 0.331 e. The van der Waals surface area contributed by atoms with Gasteiger partial charge in [-0.25, -0.2) is 4.98 Å². The first-order valence-corrected chi connectivity index (χ1v) is 7.73. The lowest BCUT2D eigenvalue weighted by molar-refractivity contribution is 0.803. The molecule has 1 aromatic carbocycles. The Labute approximate surface area is 127 Å². The molecule has 2 heterocycles. The molecule has 2 aromatic heterocycles. The van der Waals surface area contributed by atoms with Crippen LogP contribution in [-0.4, -0.2) is 14.5 Å². The van der Waals surface area contributed by atoms with E-state index in [9.17, 15) is 0 Å². The van der Waals surface area contributed by atoms with Gasteiger partial charge in [-0.05, 0) is 59.9 Å². The standard InChI is InChI=1S/C12H10IN3S2/c1-7-5-14-11(18-7)6-16-10-3-2-8(13)4-9(10)15-12(16)17/h2-5H,6H2,1H3,(H,15,17). The van der Waals surface area contributed by atoms with Gasteiger partial charge in [0, 0.05) is 14.6 Å². The fraction of sp³-hybridized carbons (Fsp3) is 0.167. The minimum Gasteiger partial charge on any atom is -0.331 e. The van der Waals surface area contributed by atoms with Gasteiger partial charge >= 0.3 is 0 Å². The third kappa shape index (κ3) is 2.24. The van der Waals surface area contributed by atoms with Crippen LogP contribution in [0.5, 0.6) is 0 Å². The Morgan fingerprint density at radius 2 is 2.33 bits per heavy atom. The third-order valence-electron chi connectivity index (χ3n) is 2.70. The second-order valence-electron chi connectivity index (χ2n) is 4.04. The van der Waals surface area contributed by atoms with Crippen LogP contribution < -0.4 is 0 Å². The number of imidazole rings is 1. The van der Waals surface area contributed by atoms with Crippen LogP contribution in [0, 0.1) is 15.3 Å². The quantitative estimate of drug-likeness (QED) is 0.530. The second kappa shape index (κ2) is 4.75. The summed E-state index contributed by atoms with van der Waals surface area (Å²) in [6.07, 6.45) is 1.90. The van der Waals surface area contributed by atoms with E-state index < -0.39 is 0 Å². The molecule has 6 heteroatoms. The maximum absolute atomic E-state index is 5.38. The highest BCUT2D eigenvalue weighted by Crippen LogP contribution is 2.20. The van der Waals surface area contributed by atoms with E-state index in [0.29, 0.717) is 0 Å². The minimum absolute atomic E-state index is 0.734. The van der Waals surface area contributed by atoms with E-state index >= 15 is 0 Å². The molecule has 3 rings (SSSR count). The van der Waals surface area contributed by atoms with Crippen molar-refractivity contribution in [2.75, 3.05) is 0 Å². The summed E-state index contributed by atoms with van der Waals surface area (Å²) < 4.78 is 4.05. The van der Waals surface area contributed by atoms with Crippen LogP contribution in [0.25, 0.3) is 11.0 Å². The van der Waals surface area contributed by atoms with Gasteiger partial charge in [-0.15, -0.1) is 11.3 Å². The summed E-state index contributed by atoms with van der Waals surface area (Å²) in [6.45, 7) is 2.80. The zero-order chi connectivity index (χ0) is 12.7. The summed E-state index contributed by atoms with van der Waals surface area (Å²) in [4.78, 5) is 8.86. The van der Waals surface area contributed by atoms with E-state index in [1.807, 2.05) is 6.20 Å². The molecule has 0 saturated carbocycles. The number of aromatic nitrogens is 3. The number of nitrogens with zero attached hydrogens (tertiary/aromatic N) is 2. The number of H-pyrrole nitrogens is 1. The topological polar surface area (TPSA) is 33.6 Å². The smallest absolute Gasteiger partial charge is 0.178 e. The second-order valence-corrected chi connectivity index (χ2v) is 6.99. The molecule has 0 aliphatic rings. The lowest BCUT2D eigenvalue weighted by atomic mass is 10.3. The van der Waals surface area contributed by atoms with E-state index in [2.05, 4.69) is 62.2 Å². The summed E-state index contributed by atoms with van der Waals surface area (Å²) >= 11 is 9.40. The maximum atomic E-state index is 5.38. The molecule has 1 N–H and O–H groups in total. The number of hydrogen-bond donors (Lipinski definition) is 1. The molecule has 0 aliphatic heterocycles. The Balaban J connectivity index is 2.11. The molecular formula is C12H10IN3S2. The maximum Gasteiger partial charge on any atom is 0.178 e. The van der Waals surface area contributed by atoms with E-state index in [-0.39, 0.29) is 0 Å². The highest BCUT2D eigenvalue weighted by atomic mass is 127. The number of aromatic amines is 1. The Morgan fingerprint density at radius 3 is 3.06 bits per heavy atom. The molecule has 18 heavy (non-hydrogen) atoms. The van der Waals surface area contributed by atoms with Crippen molar-refractivity contribution in [1.82, 2.24) is 14.5 Å². The van der Waals surface area contributed by atoms with Gasteiger partial charge in [0.2, 0.25) is 0 Å². The van der Waals surface area contributed by atoms with Crippen LogP contribution in [-0.2, 0) is 6.54 Å². The zero-order valence-electron chi connectivity index (χ0n) is 9.61. The van der Waals surface area contributed by atoms with Gasteiger partial charge in [0.1, 0.15) is 5.01 Å². The molecule has 0 aliphatic carbocycles. The number of rotatable bonds is 2. The van der Waals surface area contributed by atoms with Gasteiger partial charge in [0.15, 0.2) is 4.77 Å². The summed E-state index contributed by atoms with van der Waals surface area (Å²) in [6, 6.07) is 6.30. The summed E-state index contributed by atoms with van der Waals surface area (Å²) in [7, 11) is 0.